The van der Waals surface area contributed by atoms with Gasteiger partial charge in [0.05, 0.1) is 0 Å². The van der Waals surface area contributed by atoms with Gasteiger partial charge < -0.3 is 5.32 Å². The van der Waals surface area contributed by atoms with Crippen molar-refractivity contribution >= 4 is 0 Å². The Labute approximate surface area is 106 Å². The Morgan fingerprint density at radius 2 is 1.88 bits per heavy atom. The molecule has 1 aliphatic heterocycles. The van der Waals surface area contributed by atoms with Crippen LogP contribution >= 0.6 is 0 Å². The first-order chi connectivity index (χ1) is 8.38. The first-order valence-corrected chi connectivity index (χ1v) is 7.85. The number of rotatable bonds is 4. The summed E-state index contributed by atoms with van der Waals surface area (Å²) in [5.41, 5.74) is 0. The van der Waals surface area contributed by atoms with Crippen molar-refractivity contribution in [2.75, 3.05) is 19.6 Å². The van der Waals surface area contributed by atoms with Gasteiger partial charge >= 0.3 is 0 Å². The molecule has 1 N–H and O–H groups in total. The fraction of sp³-hybridized carbons (Fsp3) is 1.00. The molecule has 3 rings (SSSR count). The van der Waals surface area contributed by atoms with Gasteiger partial charge in [0.1, 0.15) is 0 Å². The molecule has 3 atom stereocenters. The van der Waals surface area contributed by atoms with Gasteiger partial charge in [0.25, 0.3) is 0 Å². The number of nitrogens with zero attached hydrogens (tertiary/aromatic N) is 1. The molecule has 0 amide bonds. The largest absolute Gasteiger partial charge is 0.315 e. The number of nitrogens with one attached hydrogen (secondary N) is 1. The van der Waals surface area contributed by atoms with Crippen molar-refractivity contribution in [2.45, 2.75) is 64.0 Å². The minimum atomic E-state index is 0.836. The maximum Gasteiger partial charge on any atom is 0.0235 e. The Balaban J connectivity index is 1.59. The quantitative estimate of drug-likeness (QED) is 0.807. The summed E-state index contributed by atoms with van der Waals surface area (Å²) in [6.07, 6.45) is 10.4. The van der Waals surface area contributed by atoms with E-state index >= 15 is 0 Å². The van der Waals surface area contributed by atoms with Crippen LogP contribution < -0.4 is 5.32 Å². The molecule has 1 saturated heterocycles. The molecule has 0 aromatic heterocycles. The third-order valence-electron chi connectivity index (χ3n) is 5.31. The lowest BCUT2D eigenvalue weighted by atomic mass is 9.81. The van der Waals surface area contributed by atoms with Gasteiger partial charge in [0.15, 0.2) is 0 Å². The minimum Gasteiger partial charge on any atom is -0.315 e. The van der Waals surface area contributed by atoms with Crippen LogP contribution in [0.1, 0.15) is 51.9 Å². The minimum absolute atomic E-state index is 0.836. The van der Waals surface area contributed by atoms with Gasteiger partial charge in [0, 0.05) is 18.6 Å². The highest BCUT2D eigenvalue weighted by Gasteiger charge is 2.37. The van der Waals surface area contributed by atoms with E-state index in [9.17, 15) is 0 Å². The summed E-state index contributed by atoms with van der Waals surface area (Å²) >= 11 is 0. The standard InChI is InChI=1S/C15H28N2/c1-2-17(15-8-9-16-11-15)14-5-3-4-13(10-14)12-6-7-12/h12-16H,2-11H2,1H3. The average Bonchev–Trinajstić information content (AvgIpc) is 3.09. The van der Waals surface area contributed by atoms with Gasteiger partial charge in [-0.2, -0.15) is 0 Å². The van der Waals surface area contributed by atoms with Crippen LogP contribution in [-0.4, -0.2) is 36.6 Å². The Bertz CT molecular complexity index is 243. The fourth-order valence-electron chi connectivity index (χ4n) is 4.23. The van der Waals surface area contributed by atoms with E-state index in [1.807, 2.05) is 0 Å². The second-order valence-electron chi connectivity index (χ2n) is 6.40. The summed E-state index contributed by atoms with van der Waals surface area (Å²) in [6, 6.07) is 1.74. The predicted octanol–water partition coefficient (Wildman–Crippen LogP) is 2.64. The highest BCUT2D eigenvalue weighted by atomic mass is 15.2. The summed E-state index contributed by atoms with van der Waals surface area (Å²) in [6.45, 7) is 6.09. The van der Waals surface area contributed by atoms with Crippen LogP contribution in [0.4, 0.5) is 0 Å². The summed E-state index contributed by atoms with van der Waals surface area (Å²) in [4.78, 5) is 2.83. The van der Waals surface area contributed by atoms with Gasteiger partial charge in [-0.25, -0.2) is 0 Å². The molecule has 3 aliphatic rings. The zero-order chi connectivity index (χ0) is 11.7. The molecule has 3 unspecified atom stereocenters. The van der Waals surface area contributed by atoms with Crippen LogP contribution in [0.2, 0.25) is 0 Å². The van der Waals surface area contributed by atoms with Gasteiger partial charge in [-0.3, -0.25) is 4.90 Å². The zero-order valence-corrected chi connectivity index (χ0v) is 11.3. The molecular weight excluding hydrogens is 208 g/mol. The van der Waals surface area contributed by atoms with Gasteiger partial charge in [-0.05, 0) is 57.0 Å². The Hall–Kier alpha value is -0.0800. The molecule has 0 radical (unpaired) electrons. The highest BCUT2D eigenvalue weighted by molar-refractivity contribution is 4.91. The fourth-order valence-corrected chi connectivity index (χ4v) is 4.23. The Morgan fingerprint density at radius 1 is 1.00 bits per heavy atom. The summed E-state index contributed by atoms with van der Waals surface area (Å²) in [5, 5.41) is 3.53. The smallest absolute Gasteiger partial charge is 0.0235 e. The number of hydrogen-bond acceptors (Lipinski definition) is 2. The lowest BCUT2D eigenvalue weighted by molar-refractivity contribution is 0.0930. The van der Waals surface area contributed by atoms with Crippen molar-refractivity contribution in [3.8, 4) is 0 Å². The van der Waals surface area contributed by atoms with E-state index < -0.39 is 0 Å². The lowest BCUT2D eigenvalue weighted by Gasteiger charge is -2.40. The molecule has 98 valence electrons. The molecule has 2 heteroatoms. The molecule has 3 fully saturated rings. The van der Waals surface area contributed by atoms with Crippen molar-refractivity contribution in [1.82, 2.24) is 10.2 Å². The van der Waals surface area contributed by atoms with E-state index in [-0.39, 0.29) is 0 Å². The van der Waals surface area contributed by atoms with Crippen molar-refractivity contribution < 1.29 is 0 Å². The summed E-state index contributed by atoms with van der Waals surface area (Å²) in [7, 11) is 0. The van der Waals surface area contributed by atoms with Crippen LogP contribution in [-0.2, 0) is 0 Å². The molecule has 2 saturated carbocycles. The number of hydrogen-bond donors (Lipinski definition) is 1. The van der Waals surface area contributed by atoms with Crippen LogP contribution in [0, 0.1) is 11.8 Å². The molecule has 0 aromatic rings. The predicted molar refractivity (Wildman–Crippen MR) is 72.1 cm³/mol. The highest BCUT2D eigenvalue weighted by Crippen LogP contribution is 2.45. The van der Waals surface area contributed by atoms with Crippen molar-refractivity contribution in [3.05, 3.63) is 0 Å². The first-order valence-electron chi connectivity index (χ1n) is 7.85. The lowest BCUT2D eigenvalue weighted by Crippen LogP contribution is -2.46. The van der Waals surface area contributed by atoms with Crippen LogP contribution in [0.5, 0.6) is 0 Å². The zero-order valence-electron chi connectivity index (χ0n) is 11.3. The molecule has 0 aromatic carbocycles. The normalized spacial score (nSPS) is 38.8. The maximum atomic E-state index is 3.53. The van der Waals surface area contributed by atoms with Crippen molar-refractivity contribution in [2.24, 2.45) is 11.8 Å². The number of likely N-dealkylation sites (N-methyl/N-ethyl adjacent to an activating group) is 1. The molecule has 1 heterocycles. The van der Waals surface area contributed by atoms with Crippen molar-refractivity contribution in [3.63, 3.8) is 0 Å². The molecule has 2 aliphatic carbocycles. The first kappa shape index (κ1) is 12.0. The van der Waals surface area contributed by atoms with E-state index in [1.165, 1.54) is 64.6 Å². The van der Waals surface area contributed by atoms with Crippen LogP contribution in [0.3, 0.4) is 0 Å². The third-order valence-corrected chi connectivity index (χ3v) is 5.31. The SMILES string of the molecule is CCN(C1CCNC1)C1CCCC(C2CC2)C1. The molecular formula is C15H28N2. The monoisotopic (exact) mass is 236 g/mol. The molecule has 0 spiro atoms. The Kier molecular flexibility index (Phi) is 3.72. The van der Waals surface area contributed by atoms with Gasteiger partial charge in [-0.15, -0.1) is 0 Å². The Morgan fingerprint density at radius 3 is 2.53 bits per heavy atom. The molecule has 2 nitrogen and oxygen atoms in total. The van der Waals surface area contributed by atoms with Crippen molar-refractivity contribution in [1.29, 1.82) is 0 Å². The second-order valence-corrected chi connectivity index (χ2v) is 6.40. The average molecular weight is 236 g/mol. The second kappa shape index (κ2) is 5.27. The molecule has 0 bridgehead atoms. The maximum absolute atomic E-state index is 3.53. The van der Waals surface area contributed by atoms with Crippen LogP contribution in [0.15, 0.2) is 0 Å². The molecule has 17 heavy (non-hydrogen) atoms. The van der Waals surface area contributed by atoms with E-state index in [0.29, 0.717) is 0 Å². The van der Waals surface area contributed by atoms with Crippen LogP contribution in [0.25, 0.3) is 0 Å². The summed E-state index contributed by atoms with van der Waals surface area (Å²) < 4.78 is 0. The van der Waals surface area contributed by atoms with E-state index in [4.69, 9.17) is 0 Å². The third kappa shape index (κ3) is 2.68. The van der Waals surface area contributed by atoms with E-state index in [1.54, 1.807) is 0 Å². The van der Waals surface area contributed by atoms with E-state index in [2.05, 4.69) is 17.1 Å². The van der Waals surface area contributed by atoms with E-state index in [0.717, 1.165) is 23.9 Å². The topological polar surface area (TPSA) is 15.3 Å². The summed E-state index contributed by atoms with van der Waals surface area (Å²) in [5.74, 6) is 2.20. The van der Waals surface area contributed by atoms with Gasteiger partial charge in [0.2, 0.25) is 0 Å². The van der Waals surface area contributed by atoms with Gasteiger partial charge in [-0.1, -0.05) is 19.8 Å².